The SMILES string of the molecule is CC(O)c1cc(-c2c(F)cc(F)cc2F)no1. The van der Waals surface area contributed by atoms with E-state index in [0.29, 0.717) is 12.1 Å². The van der Waals surface area contributed by atoms with E-state index in [9.17, 15) is 18.3 Å². The van der Waals surface area contributed by atoms with E-state index >= 15 is 0 Å². The molecule has 6 heteroatoms. The number of rotatable bonds is 2. The van der Waals surface area contributed by atoms with E-state index in [-0.39, 0.29) is 11.5 Å². The fourth-order valence-electron chi connectivity index (χ4n) is 1.39. The molecule has 1 N–H and O–H groups in total. The summed E-state index contributed by atoms with van der Waals surface area (Å²) in [6, 6.07) is 2.30. The highest BCUT2D eigenvalue weighted by molar-refractivity contribution is 5.60. The zero-order valence-electron chi connectivity index (χ0n) is 8.75. The van der Waals surface area contributed by atoms with E-state index in [4.69, 9.17) is 4.52 Å². The maximum absolute atomic E-state index is 13.4. The molecule has 1 atom stereocenters. The van der Waals surface area contributed by atoms with Crippen molar-refractivity contribution in [2.45, 2.75) is 13.0 Å². The van der Waals surface area contributed by atoms with Crippen LogP contribution in [-0.2, 0) is 0 Å². The Morgan fingerprint density at radius 2 is 1.76 bits per heavy atom. The van der Waals surface area contributed by atoms with E-state index in [1.54, 1.807) is 0 Å². The van der Waals surface area contributed by atoms with Gasteiger partial charge in [0.2, 0.25) is 0 Å². The molecule has 3 nitrogen and oxygen atoms in total. The summed E-state index contributed by atoms with van der Waals surface area (Å²) in [5, 5.41) is 12.6. The van der Waals surface area contributed by atoms with E-state index in [1.165, 1.54) is 13.0 Å². The Morgan fingerprint density at radius 3 is 2.24 bits per heavy atom. The number of halogens is 3. The molecule has 90 valence electrons. The third-order valence-electron chi connectivity index (χ3n) is 2.20. The van der Waals surface area contributed by atoms with Crippen molar-refractivity contribution >= 4 is 0 Å². The van der Waals surface area contributed by atoms with Crippen molar-refractivity contribution in [1.82, 2.24) is 5.16 Å². The van der Waals surface area contributed by atoms with Gasteiger partial charge in [0.25, 0.3) is 0 Å². The molecular weight excluding hydrogens is 235 g/mol. The minimum Gasteiger partial charge on any atom is -0.385 e. The molecule has 0 saturated carbocycles. The first-order valence-corrected chi connectivity index (χ1v) is 4.78. The van der Waals surface area contributed by atoms with Crippen LogP contribution < -0.4 is 0 Å². The quantitative estimate of drug-likeness (QED) is 0.882. The normalized spacial score (nSPS) is 12.8. The number of aliphatic hydroxyl groups is 1. The van der Waals surface area contributed by atoms with Crippen LogP contribution in [0.4, 0.5) is 13.2 Å². The summed E-state index contributed by atoms with van der Waals surface area (Å²) >= 11 is 0. The van der Waals surface area contributed by atoms with Crippen LogP contribution in [0.2, 0.25) is 0 Å². The first kappa shape index (κ1) is 11.7. The number of aromatic nitrogens is 1. The fourth-order valence-corrected chi connectivity index (χ4v) is 1.39. The highest BCUT2D eigenvalue weighted by Gasteiger charge is 2.18. The van der Waals surface area contributed by atoms with E-state index < -0.39 is 29.1 Å². The molecule has 0 fully saturated rings. The summed E-state index contributed by atoms with van der Waals surface area (Å²) in [5.74, 6) is -3.09. The molecule has 2 aromatic rings. The van der Waals surface area contributed by atoms with Gasteiger partial charge in [-0.05, 0) is 6.92 Å². The molecule has 17 heavy (non-hydrogen) atoms. The van der Waals surface area contributed by atoms with Crippen LogP contribution in [0.3, 0.4) is 0 Å². The first-order chi connectivity index (χ1) is 7.99. The van der Waals surface area contributed by atoms with Crippen LogP contribution in [0.1, 0.15) is 18.8 Å². The Morgan fingerprint density at radius 1 is 1.18 bits per heavy atom. The first-order valence-electron chi connectivity index (χ1n) is 4.78. The zero-order chi connectivity index (χ0) is 12.6. The molecule has 0 radical (unpaired) electrons. The van der Waals surface area contributed by atoms with E-state index in [0.717, 1.165) is 0 Å². The smallest absolute Gasteiger partial charge is 0.165 e. The Bertz CT molecular complexity index is 528. The Hall–Kier alpha value is -1.82. The van der Waals surface area contributed by atoms with Crippen molar-refractivity contribution in [1.29, 1.82) is 0 Å². The maximum Gasteiger partial charge on any atom is 0.165 e. The molecule has 2 rings (SSSR count). The largest absolute Gasteiger partial charge is 0.385 e. The van der Waals surface area contributed by atoms with E-state index in [2.05, 4.69) is 5.16 Å². The molecule has 0 spiro atoms. The summed E-state index contributed by atoms with van der Waals surface area (Å²) < 4.78 is 44.2. The average molecular weight is 243 g/mol. The molecule has 0 saturated heterocycles. The second-order valence-corrected chi connectivity index (χ2v) is 3.53. The summed E-state index contributed by atoms with van der Waals surface area (Å²) in [6.45, 7) is 1.42. The van der Waals surface area contributed by atoms with Crippen molar-refractivity contribution in [3.05, 3.63) is 41.4 Å². The van der Waals surface area contributed by atoms with Crippen LogP contribution in [0.25, 0.3) is 11.3 Å². The minimum atomic E-state index is -1.08. The van der Waals surface area contributed by atoms with Crippen LogP contribution in [0.5, 0.6) is 0 Å². The maximum atomic E-state index is 13.4. The van der Waals surface area contributed by atoms with Crippen LogP contribution in [-0.4, -0.2) is 10.3 Å². The van der Waals surface area contributed by atoms with Gasteiger partial charge in [-0.1, -0.05) is 5.16 Å². The lowest BCUT2D eigenvalue weighted by atomic mass is 10.1. The van der Waals surface area contributed by atoms with Gasteiger partial charge < -0.3 is 9.63 Å². The highest BCUT2D eigenvalue weighted by atomic mass is 19.1. The predicted octanol–water partition coefficient (Wildman–Crippen LogP) is 2.81. The lowest BCUT2D eigenvalue weighted by molar-refractivity contribution is 0.158. The van der Waals surface area contributed by atoms with Crippen LogP contribution in [0.15, 0.2) is 22.7 Å². The average Bonchev–Trinajstić information content (AvgIpc) is 2.65. The molecule has 0 aliphatic carbocycles. The molecule has 1 heterocycles. The van der Waals surface area contributed by atoms with Gasteiger partial charge in [0.05, 0.1) is 5.56 Å². The summed E-state index contributed by atoms with van der Waals surface area (Å²) in [6.07, 6.45) is -0.942. The second-order valence-electron chi connectivity index (χ2n) is 3.53. The van der Waals surface area contributed by atoms with Gasteiger partial charge >= 0.3 is 0 Å². The van der Waals surface area contributed by atoms with Crippen molar-refractivity contribution < 1.29 is 22.8 Å². The minimum absolute atomic E-state index is 0.0723. The number of hydrogen-bond acceptors (Lipinski definition) is 3. The Balaban J connectivity index is 2.52. The molecule has 0 aliphatic rings. The monoisotopic (exact) mass is 243 g/mol. The van der Waals surface area contributed by atoms with Crippen LogP contribution in [0, 0.1) is 17.5 Å². The predicted molar refractivity (Wildman–Crippen MR) is 52.4 cm³/mol. The molecular formula is C11H8F3NO2. The van der Waals surface area contributed by atoms with Gasteiger partial charge in [-0.15, -0.1) is 0 Å². The lowest BCUT2D eigenvalue weighted by Gasteiger charge is -2.00. The molecule has 0 bridgehead atoms. The van der Waals surface area contributed by atoms with Gasteiger partial charge in [0.15, 0.2) is 5.76 Å². The van der Waals surface area contributed by atoms with Crippen molar-refractivity contribution in [3.8, 4) is 11.3 Å². The molecule has 0 amide bonds. The molecule has 1 unspecified atom stereocenters. The third-order valence-corrected chi connectivity index (χ3v) is 2.20. The number of benzene rings is 1. The van der Waals surface area contributed by atoms with Gasteiger partial charge in [0, 0.05) is 18.2 Å². The second kappa shape index (κ2) is 4.21. The number of aliphatic hydroxyl groups excluding tert-OH is 1. The van der Waals surface area contributed by atoms with Gasteiger partial charge in [0.1, 0.15) is 29.2 Å². The summed E-state index contributed by atoms with van der Waals surface area (Å²) in [4.78, 5) is 0. The van der Waals surface area contributed by atoms with Crippen molar-refractivity contribution in [2.24, 2.45) is 0 Å². The summed E-state index contributed by atoms with van der Waals surface area (Å²) in [7, 11) is 0. The standard InChI is InChI=1S/C11H8F3NO2/c1-5(16)10-4-9(15-17-10)11-7(13)2-6(12)3-8(11)14/h2-5,16H,1H3. The molecule has 1 aromatic carbocycles. The molecule has 1 aromatic heterocycles. The molecule has 0 aliphatic heterocycles. The Labute approximate surface area is 94.5 Å². The van der Waals surface area contributed by atoms with Crippen LogP contribution >= 0.6 is 0 Å². The fraction of sp³-hybridized carbons (Fsp3) is 0.182. The van der Waals surface area contributed by atoms with Crippen molar-refractivity contribution in [3.63, 3.8) is 0 Å². The zero-order valence-corrected chi connectivity index (χ0v) is 8.75. The van der Waals surface area contributed by atoms with Gasteiger partial charge in [-0.25, -0.2) is 13.2 Å². The number of hydrogen-bond donors (Lipinski definition) is 1. The topological polar surface area (TPSA) is 46.3 Å². The lowest BCUT2D eigenvalue weighted by Crippen LogP contribution is -1.92. The Kier molecular flexibility index (Phi) is 2.89. The van der Waals surface area contributed by atoms with Gasteiger partial charge in [-0.3, -0.25) is 0 Å². The van der Waals surface area contributed by atoms with Crippen molar-refractivity contribution in [2.75, 3.05) is 0 Å². The third kappa shape index (κ3) is 2.16. The highest BCUT2D eigenvalue weighted by Crippen LogP contribution is 2.28. The number of nitrogens with zero attached hydrogens (tertiary/aromatic N) is 1. The summed E-state index contributed by atoms with van der Waals surface area (Å²) in [5.41, 5.74) is -0.613. The van der Waals surface area contributed by atoms with Gasteiger partial charge in [-0.2, -0.15) is 0 Å². The van der Waals surface area contributed by atoms with E-state index in [1.807, 2.05) is 0 Å².